The summed E-state index contributed by atoms with van der Waals surface area (Å²) in [7, 11) is 0. The first-order valence-electron chi connectivity index (χ1n) is 5.93. The van der Waals surface area contributed by atoms with Crippen molar-refractivity contribution in [3.8, 4) is 17.5 Å². The van der Waals surface area contributed by atoms with E-state index in [-0.39, 0.29) is 11.7 Å². The van der Waals surface area contributed by atoms with Crippen LogP contribution in [0, 0.1) is 11.3 Å². The molecule has 0 unspecified atom stereocenters. The first kappa shape index (κ1) is 11.5. The molecular weight excluding hydrogens is 244 g/mol. The maximum atomic E-state index is 11.1. The topological polar surface area (TPSA) is 87.1 Å². The van der Waals surface area contributed by atoms with Crippen LogP contribution in [0.1, 0.15) is 40.6 Å². The van der Waals surface area contributed by atoms with Crippen molar-refractivity contribution in [1.82, 2.24) is 4.98 Å². The standard InChI is InChI=1S/C14H10N2O3/c15-7-8-1-3-10(4-2-8)13-16-11(9-5-6-9)12(19-13)14(17)18/h1-4,9H,5-6H2,(H,17,18). The second kappa shape index (κ2) is 4.25. The molecule has 1 aromatic carbocycles. The number of carboxylic acids is 1. The van der Waals surface area contributed by atoms with Gasteiger partial charge in [0.15, 0.2) is 0 Å². The second-order valence-electron chi connectivity index (χ2n) is 4.50. The van der Waals surface area contributed by atoms with E-state index in [1.54, 1.807) is 24.3 Å². The van der Waals surface area contributed by atoms with Crippen molar-refractivity contribution in [3.05, 3.63) is 41.3 Å². The predicted octanol–water partition coefficient (Wildman–Crippen LogP) is 2.79. The Morgan fingerprint density at radius 2 is 2.05 bits per heavy atom. The molecule has 5 heteroatoms. The smallest absolute Gasteiger partial charge is 0.373 e. The number of carboxylic acid groups (broad SMARTS) is 1. The Morgan fingerprint density at radius 1 is 1.37 bits per heavy atom. The van der Waals surface area contributed by atoms with Crippen molar-refractivity contribution in [3.63, 3.8) is 0 Å². The van der Waals surface area contributed by atoms with Crippen LogP contribution in [-0.4, -0.2) is 16.1 Å². The third kappa shape index (κ3) is 2.08. The molecule has 1 aromatic heterocycles. The minimum Gasteiger partial charge on any atom is -0.475 e. The van der Waals surface area contributed by atoms with Crippen molar-refractivity contribution in [2.24, 2.45) is 0 Å². The first-order chi connectivity index (χ1) is 9.19. The van der Waals surface area contributed by atoms with Crippen molar-refractivity contribution < 1.29 is 14.3 Å². The van der Waals surface area contributed by atoms with Crippen LogP contribution in [0.4, 0.5) is 0 Å². The molecule has 0 radical (unpaired) electrons. The molecule has 5 nitrogen and oxygen atoms in total. The summed E-state index contributed by atoms with van der Waals surface area (Å²) in [6, 6.07) is 8.72. The van der Waals surface area contributed by atoms with E-state index in [2.05, 4.69) is 4.98 Å². The fourth-order valence-electron chi connectivity index (χ4n) is 1.93. The van der Waals surface area contributed by atoms with Gasteiger partial charge in [-0.15, -0.1) is 0 Å². The predicted molar refractivity (Wildman–Crippen MR) is 65.6 cm³/mol. The number of carbonyl (C=O) groups is 1. The average molecular weight is 254 g/mol. The Balaban J connectivity index is 2.02. The number of nitrogens with zero attached hydrogens (tertiary/aromatic N) is 2. The average Bonchev–Trinajstić information content (AvgIpc) is 3.17. The molecule has 94 valence electrons. The third-order valence-corrected chi connectivity index (χ3v) is 3.07. The van der Waals surface area contributed by atoms with Crippen LogP contribution < -0.4 is 0 Å². The molecule has 0 spiro atoms. The van der Waals surface area contributed by atoms with Crippen molar-refractivity contribution in [1.29, 1.82) is 5.26 Å². The quantitative estimate of drug-likeness (QED) is 0.909. The summed E-state index contributed by atoms with van der Waals surface area (Å²) in [5, 5.41) is 17.8. The molecule has 0 saturated heterocycles. The van der Waals surface area contributed by atoms with E-state index in [1.165, 1.54) is 0 Å². The van der Waals surface area contributed by atoms with Gasteiger partial charge in [0, 0.05) is 11.5 Å². The van der Waals surface area contributed by atoms with Gasteiger partial charge in [-0.3, -0.25) is 0 Å². The zero-order chi connectivity index (χ0) is 13.4. The molecule has 1 heterocycles. The zero-order valence-electron chi connectivity index (χ0n) is 9.96. The maximum Gasteiger partial charge on any atom is 0.373 e. The molecule has 1 fully saturated rings. The normalized spacial score (nSPS) is 14.1. The lowest BCUT2D eigenvalue weighted by Gasteiger charge is -1.94. The van der Waals surface area contributed by atoms with Crippen LogP contribution in [0.15, 0.2) is 28.7 Å². The minimum absolute atomic E-state index is 0.0677. The maximum absolute atomic E-state index is 11.1. The molecule has 3 rings (SSSR count). The van der Waals surface area contributed by atoms with Gasteiger partial charge in [-0.05, 0) is 37.1 Å². The second-order valence-corrected chi connectivity index (χ2v) is 4.50. The van der Waals surface area contributed by atoms with Crippen molar-refractivity contribution in [2.45, 2.75) is 18.8 Å². The summed E-state index contributed by atoms with van der Waals surface area (Å²) in [6.07, 6.45) is 1.92. The summed E-state index contributed by atoms with van der Waals surface area (Å²) < 4.78 is 5.34. The van der Waals surface area contributed by atoms with Gasteiger partial charge in [0.2, 0.25) is 11.7 Å². The summed E-state index contributed by atoms with van der Waals surface area (Å²) in [5.74, 6) is -0.651. The van der Waals surface area contributed by atoms with Gasteiger partial charge in [-0.25, -0.2) is 9.78 Å². The number of oxazole rings is 1. The molecular formula is C14H10N2O3. The van der Waals surface area contributed by atoms with Crippen LogP contribution in [0.2, 0.25) is 0 Å². The van der Waals surface area contributed by atoms with Crippen LogP contribution >= 0.6 is 0 Å². The lowest BCUT2D eigenvalue weighted by molar-refractivity contribution is 0.0661. The Labute approximate surface area is 109 Å². The summed E-state index contributed by atoms with van der Waals surface area (Å²) in [5.41, 5.74) is 1.75. The Kier molecular flexibility index (Phi) is 2.57. The molecule has 0 atom stereocenters. The molecule has 2 aromatic rings. The Bertz CT molecular complexity index is 676. The van der Waals surface area contributed by atoms with E-state index in [9.17, 15) is 4.79 Å². The number of aromatic carboxylic acids is 1. The van der Waals surface area contributed by atoms with E-state index in [4.69, 9.17) is 14.8 Å². The van der Waals surface area contributed by atoms with E-state index in [1.807, 2.05) is 6.07 Å². The fourth-order valence-corrected chi connectivity index (χ4v) is 1.93. The van der Waals surface area contributed by atoms with Gasteiger partial charge in [-0.2, -0.15) is 5.26 Å². The van der Waals surface area contributed by atoms with E-state index < -0.39 is 5.97 Å². The zero-order valence-corrected chi connectivity index (χ0v) is 9.96. The lowest BCUT2D eigenvalue weighted by Crippen LogP contribution is -1.98. The van der Waals surface area contributed by atoms with Gasteiger partial charge in [0.25, 0.3) is 0 Å². The molecule has 0 aliphatic heterocycles. The molecule has 0 amide bonds. The summed E-state index contributed by atoms with van der Waals surface area (Å²) in [4.78, 5) is 15.4. The van der Waals surface area contributed by atoms with E-state index >= 15 is 0 Å². The van der Waals surface area contributed by atoms with Gasteiger partial charge in [-0.1, -0.05) is 0 Å². The highest BCUT2D eigenvalue weighted by Gasteiger charge is 2.33. The molecule has 0 bridgehead atoms. The molecule has 1 N–H and O–H groups in total. The molecule has 1 aliphatic rings. The largest absolute Gasteiger partial charge is 0.475 e. The van der Waals surface area contributed by atoms with Gasteiger partial charge in [0.1, 0.15) is 0 Å². The molecule has 1 aliphatic carbocycles. The number of benzene rings is 1. The minimum atomic E-state index is -1.09. The van der Waals surface area contributed by atoms with E-state index in [0.717, 1.165) is 12.8 Å². The molecule has 1 saturated carbocycles. The van der Waals surface area contributed by atoms with E-state index in [0.29, 0.717) is 22.7 Å². The highest BCUT2D eigenvalue weighted by Crippen LogP contribution is 2.42. The van der Waals surface area contributed by atoms with Gasteiger partial charge in [0.05, 0.1) is 17.3 Å². The number of hydrogen-bond donors (Lipinski definition) is 1. The fraction of sp³-hybridized carbons (Fsp3) is 0.214. The van der Waals surface area contributed by atoms with Crippen LogP contribution in [-0.2, 0) is 0 Å². The van der Waals surface area contributed by atoms with Gasteiger partial charge < -0.3 is 9.52 Å². The first-order valence-corrected chi connectivity index (χ1v) is 5.93. The monoisotopic (exact) mass is 254 g/mol. The number of aromatic nitrogens is 1. The summed E-state index contributed by atoms with van der Waals surface area (Å²) >= 11 is 0. The number of rotatable bonds is 3. The van der Waals surface area contributed by atoms with Crippen LogP contribution in [0.3, 0.4) is 0 Å². The van der Waals surface area contributed by atoms with Crippen molar-refractivity contribution >= 4 is 5.97 Å². The third-order valence-electron chi connectivity index (χ3n) is 3.07. The number of hydrogen-bond acceptors (Lipinski definition) is 4. The molecule has 19 heavy (non-hydrogen) atoms. The van der Waals surface area contributed by atoms with Crippen LogP contribution in [0.25, 0.3) is 11.5 Å². The van der Waals surface area contributed by atoms with Crippen LogP contribution in [0.5, 0.6) is 0 Å². The number of nitriles is 1. The highest BCUT2D eigenvalue weighted by atomic mass is 16.4. The Morgan fingerprint density at radius 3 is 2.58 bits per heavy atom. The van der Waals surface area contributed by atoms with Gasteiger partial charge >= 0.3 is 5.97 Å². The highest BCUT2D eigenvalue weighted by molar-refractivity contribution is 5.86. The Hall–Kier alpha value is -2.61. The summed E-state index contributed by atoms with van der Waals surface area (Å²) in [6.45, 7) is 0. The SMILES string of the molecule is N#Cc1ccc(-c2nc(C3CC3)c(C(=O)O)o2)cc1. The lowest BCUT2D eigenvalue weighted by atomic mass is 10.1. The van der Waals surface area contributed by atoms with Crippen molar-refractivity contribution in [2.75, 3.05) is 0 Å².